The van der Waals surface area contributed by atoms with Crippen molar-refractivity contribution in [2.24, 2.45) is 5.92 Å². The average molecular weight is 826 g/mol. The molecule has 1 amide bonds. The summed E-state index contributed by atoms with van der Waals surface area (Å²) >= 11 is 14.6. The molecule has 0 spiro atoms. The maximum Gasteiger partial charge on any atom is 0.490 e. The Morgan fingerprint density at radius 3 is 2.45 bits per heavy atom. The minimum atomic E-state index is -5.08. The fourth-order valence-electron chi connectivity index (χ4n) is 5.17. The standard InChI is InChI=1S/C30H24Cl2IN7O2.C2HF3O2/c1-17-3-2-4-27(25-11-18(9-10-34-25)21-7-6-20(33)13-24(21)36-30(17)42)39-16-35-23(14-29(39)41)22-12-19(31)5-8-26(22)40-15-28(32)37-38-40;3-2(4,5)1(6)7/h5-17,27H,2-4H2,1H3,(H,36,42);(H,6,7)/t17-,27+;/m1./s1. The lowest BCUT2D eigenvalue weighted by molar-refractivity contribution is -0.192. The summed E-state index contributed by atoms with van der Waals surface area (Å²) in [6.45, 7) is 1.93. The van der Waals surface area contributed by atoms with Gasteiger partial charge in [-0.2, -0.15) is 13.2 Å². The van der Waals surface area contributed by atoms with E-state index in [1.807, 2.05) is 37.3 Å². The fourth-order valence-corrected chi connectivity index (χ4v) is 5.96. The molecule has 3 aromatic heterocycles. The number of benzene rings is 2. The van der Waals surface area contributed by atoms with Crippen LogP contribution in [0, 0.1) is 9.49 Å². The van der Waals surface area contributed by atoms with Gasteiger partial charge in [0.1, 0.15) is 0 Å². The van der Waals surface area contributed by atoms with Crippen molar-refractivity contribution in [1.29, 1.82) is 0 Å². The number of nitrogens with zero attached hydrogens (tertiary/aromatic N) is 6. The van der Waals surface area contributed by atoms with Gasteiger partial charge in [0.2, 0.25) is 5.91 Å². The molecular weight excluding hydrogens is 801 g/mol. The van der Waals surface area contributed by atoms with E-state index in [1.54, 1.807) is 41.5 Å². The van der Waals surface area contributed by atoms with Crippen molar-refractivity contribution in [3.8, 4) is 28.1 Å². The molecule has 6 rings (SSSR count). The first-order valence-electron chi connectivity index (χ1n) is 14.5. The van der Waals surface area contributed by atoms with Gasteiger partial charge in [0.25, 0.3) is 5.56 Å². The molecule has 0 saturated heterocycles. The van der Waals surface area contributed by atoms with Crippen LogP contribution >= 0.6 is 45.8 Å². The van der Waals surface area contributed by atoms with Crippen molar-refractivity contribution >= 4 is 63.4 Å². The molecule has 11 nitrogen and oxygen atoms in total. The number of pyridine rings is 1. The first-order valence-corrected chi connectivity index (χ1v) is 16.4. The molecule has 0 aliphatic carbocycles. The molecule has 49 heavy (non-hydrogen) atoms. The number of hydrogen-bond donors (Lipinski definition) is 2. The summed E-state index contributed by atoms with van der Waals surface area (Å²) in [5.41, 5.74) is 4.72. The van der Waals surface area contributed by atoms with Crippen molar-refractivity contribution in [2.75, 3.05) is 5.32 Å². The minimum Gasteiger partial charge on any atom is -0.475 e. The molecule has 2 bridgehead atoms. The number of rotatable bonds is 3. The molecule has 0 radical (unpaired) electrons. The smallest absolute Gasteiger partial charge is 0.475 e. The van der Waals surface area contributed by atoms with Gasteiger partial charge in [-0.3, -0.25) is 19.1 Å². The summed E-state index contributed by atoms with van der Waals surface area (Å²) in [5.74, 6) is -2.99. The Morgan fingerprint density at radius 2 is 1.78 bits per heavy atom. The number of carbonyl (C=O) groups is 2. The zero-order valence-electron chi connectivity index (χ0n) is 25.3. The summed E-state index contributed by atoms with van der Waals surface area (Å²) in [6, 6.07) is 16.2. The highest BCUT2D eigenvalue weighted by Crippen LogP contribution is 2.34. The van der Waals surface area contributed by atoms with Crippen molar-refractivity contribution in [3.63, 3.8) is 0 Å². The molecule has 17 heteroatoms. The van der Waals surface area contributed by atoms with Crippen molar-refractivity contribution in [3.05, 3.63) is 103 Å². The largest absolute Gasteiger partial charge is 0.490 e. The lowest BCUT2D eigenvalue weighted by Gasteiger charge is -2.23. The number of halogens is 6. The highest BCUT2D eigenvalue weighted by atomic mass is 127. The van der Waals surface area contributed by atoms with Gasteiger partial charge in [-0.25, -0.2) is 14.5 Å². The molecule has 1 aliphatic rings. The molecule has 0 saturated carbocycles. The van der Waals surface area contributed by atoms with Crippen molar-refractivity contribution < 1.29 is 27.9 Å². The Morgan fingerprint density at radius 1 is 1.02 bits per heavy atom. The number of aliphatic carboxylic acids is 1. The van der Waals surface area contributed by atoms with Crippen LogP contribution in [-0.2, 0) is 9.59 Å². The fraction of sp³-hybridized carbons (Fsp3) is 0.219. The third kappa shape index (κ3) is 8.63. The maximum atomic E-state index is 13.7. The van der Waals surface area contributed by atoms with E-state index < -0.39 is 12.1 Å². The third-order valence-electron chi connectivity index (χ3n) is 7.60. The molecule has 2 atom stereocenters. The second-order valence-corrected chi connectivity index (χ2v) is 13.0. The number of anilines is 1. The monoisotopic (exact) mass is 825 g/mol. The lowest BCUT2D eigenvalue weighted by atomic mass is 9.95. The Balaban J connectivity index is 0.000000606. The number of carboxylic acid groups (broad SMARTS) is 1. The number of fused-ring (bicyclic) bond motifs is 4. The summed E-state index contributed by atoms with van der Waals surface area (Å²) < 4.78 is 35.9. The van der Waals surface area contributed by atoms with Crippen LogP contribution in [0.4, 0.5) is 18.9 Å². The maximum absolute atomic E-state index is 13.7. The van der Waals surface area contributed by atoms with Gasteiger partial charge in [0.05, 0.1) is 35.6 Å². The molecule has 2 N–H and O–H groups in total. The highest BCUT2D eigenvalue weighted by molar-refractivity contribution is 14.1. The minimum absolute atomic E-state index is 0.0289. The second-order valence-electron chi connectivity index (χ2n) is 11.0. The van der Waals surface area contributed by atoms with E-state index >= 15 is 0 Å². The van der Waals surface area contributed by atoms with Crippen LogP contribution in [0.1, 0.15) is 37.9 Å². The Kier molecular flexibility index (Phi) is 11.0. The zero-order chi connectivity index (χ0) is 35.5. The topological polar surface area (TPSA) is 145 Å². The predicted molar refractivity (Wildman–Crippen MR) is 185 cm³/mol. The van der Waals surface area contributed by atoms with E-state index in [4.69, 9.17) is 33.1 Å². The van der Waals surface area contributed by atoms with Gasteiger partial charge in [-0.15, -0.1) is 5.10 Å². The second kappa shape index (κ2) is 15.0. The molecule has 0 unspecified atom stereocenters. The zero-order valence-corrected chi connectivity index (χ0v) is 29.0. The predicted octanol–water partition coefficient (Wildman–Crippen LogP) is 7.45. The number of alkyl halides is 3. The van der Waals surface area contributed by atoms with Gasteiger partial charge in [0, 0.05) is 43.6 Å². The number of carboxylic acids is 1. The molecule has 1 aliphatic heterocycles. The Labute approximate surface area is 300 Å². The summed E-state index contributed by atoms with van der Waals surface area (Å²) in [5, 5.41) is 18.9. The normalized spacial score (nSPS) is 16.3. The van der Waals surface area contributed by atoms with Crippen LogP contribution in [0.2, 0.25) is 10.2 Å². The number of aromatic nitrogens is 6. The van der Waals surface area contributed by atoms with E-state index in [2.05, 4.69) is 48.2 Å². The van der Waals surface area contributed by atoms with Gasteiger partial charge in [-0.05, 0) is 83.5 Å². The molecular formula is C32H25Cl2F3IN7O4. The Bertz CT molecular complexity index is 2090. The average Bonchev–Trinajstić information content (AvgIpc) is 3.48. The van der Waals surface area contributed by atoms with Crippen LogP contribution in [0.3, 0.4) is 0 Å². The van der Waals surface area contributed by atoms with E-state index in [1.165, 1.54) is 10.7 Å². The summed E-state index contributed by atoms with van der Waals surface area (Å²) in [7, 11) is 0. The van der Waals surface area contributed by atoms with Crippen LogP contribution in [0.5, 0.6) is 0 Å². The van der Waals surface area contributed by atoms with E-state index in [0.717, 1.165) is 26.1 Å². The lowest BCUT2D eigenvalue weighted by Crippen LogP contribution is -2.27. The van der Waals surface area contributed by atoms with Crippen molar-refractivity contribution in [2.45, 2.75) is 38.4 Å². The first-order chi connectivity index (χ1) is 23.2. The molecule has 0 fully saturated rings. The van der Waals surface area contributed by atoms with Crippen LogP contribution in [0.15, 0.2) is 78.1 Å². The molecule has 254 valence electrons. The van der Waals surface area contributed by atoms with Crippen LogP contribution in [0.25, 0.3) is 28.1 Å². The number of carbonyl (C=O) groups excluding carboxylic acids is 1. The Hall–Kier alpha value is -4.35. The first kappa shape index (κ1) is 35.9. The molecule has 4 heterocycles. The third-order valence-corrected chi connectivity index (χ3v) is 8.68. The van der Waals surface area contributed by atoms with Gasteiger partial charge in [0.15, 0.2) is 5.15 Å². The SMILES string of the molecule is C[C@@H]1CCC[C@H](n2cnc(-c3cc(Cl)ccc3-n3cc(Cl)nn3)cc2=O)c2cc(ccn2)-c2ccc(I)cc2NC1=O.O=C(O)C(F)(F)F. The van der Waals surface area contributed by atoms with Crippen LogP contribution < -0.4 is 10.9 Å². The summed E-state index contributed by atoms with van der Waals surface area (Å²) in [6.07, 6.45) is 1.75. The molecule has 5 aromatic rings. The summed E-state index contributed by atoms with van der Waals surface area (Å²) in [4.78, 5) is 45.0. The number of nitrogens with one attached hydrogen (secondary N) is 1. The molecule has 2 aromatic carbocycles. The van der Waals surface area contributed by atoms with E-state index in [-0.39, 0.29) is 28.6 Å². The highest BCUT2D eigenvalue weighted by Gasteiger charge is 2.38. The van der Waals surface area contributed by atoms with Gasteiger partial charge >= 0.3 is 12.1 Å². The van der Waals surface area contributed by atoms with E-state index in [0.29, 0.717) is 41.2 Å². The van der Waals surface area contributed by atoms with Crippen LogP contribution in [-0.4, -0.2) is 52.7 Å². The number of hydrogen-bond acceptors (Lipinski definition) is 7. The van der Waals surface area contributed by atoms with Gasteiger partial charge in [-0.1, -0.05) is 47.8 Å². The number of amides is 1. The quantitative estimate of drug-likeness (QED) is 0.179. The van der Waals surface area contributed by atoms with Gasteiger partial charge < -0.3 is 10.4 Å². The van der Waals surface area contributed by atoms with E-state index in [9.17, 15) is 22.8 Å². The van der Waals surface area contributed by atoms with Crippen molar-refractivity contribution in [1.82, 2.24) is 29.5 Å².